The third kappa shape index (κ3) is 3.69. The zero-order chi connectivity index (χ0) is 16.5. The Bertz CT molecular complexity index is 572. The number of rotatable bonds is 4. The fourth-order valence-corrected chi connectivity index (χ4v) is 2.52. The van der Waals surface area contributed by atoms with E-state index in [0.717, 1.165) is 11.0 Å². The first-order valence-electron chi connectivity index (χ1n) is 7.32. The molecule has 22 heavy (non-hydrogen) atoms. The van der Waals surface area contributed by atoms with Gasteiger partial charge >= 0.3 is 7.12 Å². The van der Waals surface area contributed by atoms with E-state index in [0.29, 0.717) is 16.6 Å². The second-order valence-electron chi connectivity index (χ2n) is 6.51. The van der Waals surface area contributed by atoms with E-state index in [-0.39, 0.29) is 18.3 Å². The average molecular weight is 342 g/mol. The molecule has 0 unspecified atom stereocenters. The van der Waals surface area contributed by atoms with Crippen LogP contribution < -0.4 is 5.32 Å². The second-order valence-corrected chi connectivity index (χ2v) is 7.33. The minimum absolute atomic E-state index is 0.359. The smallest absolute Gasteiger partial charge is 0.400 e. The Hall–Kier alpha value is -0.515. The van der Waals surface area contributed by atoms with Crippen molar-refractivity contribution in [3.05, 3.63) is 39.3 Å². The molecule has 1 fully saturated rings. The average Bonchev–Trinajstić information content (AvgIpc) is 2.62. The summed E-state index contributed by atoms with van der Waals surface area (Å²) in [6.45, 7) is 8.84. The standard InChI is InChI=1S/C16H22BCl2NO2/c1-15(2)16(3,4)22-17(21-15)12(10-20-5)8-11-6-7-13(18)14(19)9-11/h6-9,20H,10H2,1-5H3. The van der Waals surface area contributed by atoms with Gasteiger partial charge in [-0.2, -0.15) is 0 Å². The lowest BCUT2D eigenvalue weighted by molar-refractivity contribution is 0.00578. The third-order valence-electron chi connectivity index (χ3n) is 4.23. The molecule has 3 nitrogen and oxygen atoms in total. The molecule has 2 rings (SSSR count). The Balaban J connectivity index is 2.31. The second kappa shape index (κ2) is 6.54. The van der Waals surface area contributed by atoms with Crippen molar-refractivity contribution in [1.82, 2.24) is 5.32 Å². The molecule has 0 aromatic heterocycles. The summed E-state index contributed by atoms with van der Waals surface area (Å²) >= 11 is 12.1. The summed E-state index contributed by atoms with van der Waals surface area (Å²) in [4.78, 5) is 0. The van der Waals surface area contributed by atoms with E-state index in [1.54, 1.807) is 6.07 Å². The van der Waals surface area contributed by atoms with Crippen LogP contribution in [0.15, 0.2) is 23.7 Å². The largest absolute Gasteiger partial charge is 0.491 e. The zero-order valence-corrected chi connectivity index (χ0v) is 15.2. The van der Waals surface area contributed by atoms with Gasteiger partial charge in [-0.25, -0.2) is 0 Å². The maximum atomic E-state index is 6.12. The van der Waals surface area contributed by atoms with E-state index in [1.165, 1.54) is 0 Å². The topological polar surface area (TPSA) is 30.5 Å². The molecule has 1 saturated heterocycles. The van der Waals surface area contributed by atoms with E-state index in [4.69, 9.17) is 32.5 Å². The molecular weight excluding hydrogens is 320 g/mol. The molecule has 0 bridgehead atoms. The van der Waals surface area contributed by atoms with Crippen LogP contribution in [0.1, 0.15) is 33.3 Å². The molecule has 0 aliphatic carbocycles. The van der Waals surface area contributed by atoms with Crippen molar-refractivity contribution in [2.45, 2.75) is 38.9 Å². The van der Waals surface area contributed by atoms with E-state index in [1.807, 2.05) is 53.0 Å². The lowest BCUT2D eigenvalue weighted by Crippen LogP contribution is -2.41. The summed E-state index contributed by atoms with van der Waals surface area (Å²) in [6, 6.07) is 5.55. The molecule has 1 aromatic carbocycles. The fourth-order valence-electron chi connectivity index (χ4n) is 2.22. The van der Waals surface area contributed by atoms with E-state index < -0.39 is 0 Å². The number of nitrogens with one attached hydrogen (secondary N) is 1. The maximum Gasteiger partial charge on any atom is 0.491 e. The van der Waals surface area contributed by atoms with Gasteiger partial charge < -0.3 is 14.6 Å². The summed E-state index contributed by atoms with van der Waals surface area (Å²) in [5.74, 6) is 0. The number of likely N-dealkylation sites (N-methyl/N-ethyl adjacent to an activating group) is 1. The van der Waals surface area contributed by atoms with Crippen molar-refractivity contribution in [2.75, 3.05) is 13.6 Å². The van der Waals surface area contributed by atoms with Crippen LogP contribution in [-0.4, -0.2) is 31.9 Å². The maximum absolute atomic E-state index is 6.12. The minimum Gasteiger partial charge on any atom is -0.400 e. The van der Waals surface area contributed by atoms with Gasteiger partial charge in [0, 0.05) is 6.54 Å². The molecule has 1 aliphatic rings. The van der Waals surface area contributed by atoms with Gasteiger partial charge in [0.1, 0.15) is 0 Å². The van der Waals surface area contributed by atoms with Gasteiger partial charge in [-0.05, 0) is 57.9 Å². The Kier molecular flexibility index (Phi) is 5.30. The zero-order valence-electron chi connectivity index (χ0n) is 13.7. The van der Waals surface area contributed by atoms with Gasteiger partial charge in [-0.1, -0.05) is 35.3 Å². The van der Waals surface area contributed by atoms with Gasteiger partial charge in [-0.15, -0.1) is 0 Å². The molecule has 0 amide bonds. The molecule has 6 heteroatoms. The van der Waals surface area contributed by atoms with Crippen molar-refractivity contribution >= 4 is 36.4 Å². The summed E-state index contributed by atoms with van der Waals surface area (Å²) in [5.41, 5.74) is 1.26. The molecule has 1 aliphatic heterocycles. The SMILES string of the molecule is CNCC(=Cc1ccc(Cl)c(Cl)c1)B1OC(C)(C)C(C)(C)O1. The lowest BCUT2D eigenvalue weighted by atomic mass is 9.77. The Morgan fingerprint density at radius 3 is 2.23 bits per heavy atom. The van der Waals surface area contributed by atoms with Crippen LogP contribution in [0.2, 0.25) is 10.0 Å². The van der Waals surface area contributed by atoms with Crippen LogP contribution in [0.3, 0.4) is 0 Å². The van der Waals surface area contributed by atoms with Gasteiger partial charge in [0.05, 0.1) is 21.2 Å². The molecule has 0 spiro atoms. The van der Waals surface area contributed by atoms with E-state index in [2.05, 4.69) is 5.32 Å². The summed E-state index contributed by atoms with van der Waals surface area (Å²) in [7, 11) is 1.51. The van der Waals surface area contributed by atoms with E-state index in [9.17, 15) is 0 Å². The predicted molar refractivity (Wildman–Crippen MR) is 94.4 cm³/mol. The molecule has 1 N–H and O–H groups in total. The Morgan fingerprint density at radius 1 is 1.14 bits per heavy atom. The first-order valence-corrected chi connectivity index (χ1v) is 8.07. The highest BCUT2D eigenvalue weighted by molar-refractivity contribution is 6.56. The first-order chi connectivity index (χ1) is 10.2. The van der Waals surface area contributed by atoms with Crippen LogP contribution in [0.5, 0.6) is 0 Å². The molecular formula is C16H22BCl2NO2. The van der Waals surface area contributed by atoms with Crippen LogP contribution >= 0.6 is 23.2 Å². The van der Waals surface area contributed by atoms with Crippen molar-refractivity contribution in [2.24, 2.45) is 0 Å². The summed E-state index contributed by atoms with van der Waals surface area (Å²) < 4.78 is 12.2. The third-order valence-corrected chi connectivity index (χ3v) is 4.97. The molecule has 0 atom stereocenters. The lowest BCUT2D eigenvalue weighted by Gasteiger charge is -2.32. The van der Waals surface area contributed by atoms with Crippen molar-refractivity contribution in [3.63, 3.8) is 0 Å². The Morgan fingerprint density at radius 2 is 1.73 bits per heavy atom. The normalized spacial score (nSPS) is 20.5. The van der Waals surface area contributed by atoms with Gasteiger partial charge in [0.2, 0.25) is 0 Å². The Labute approximate surface area is 143 Å². The highest BCUT2D eigenvalue weighted by atomic mass is 35.5. The molecule has 0 radical (unpaired) electrons. The minimum atomic E-state index is -0.382. The quantitative estimate of drug-likeness (QED) is 0.831. The monoisotopic (exact) mass is 341 g/mol. The number of benzene rings is 1. The molecule has 0 saturated carbocycles. The van der Waals surface area contributed by atoms with Crippen molar-refractivity contribution in [1.29, 1.82) is 0 Å². The molecule has 120 valence electrons. The van der Waals surface area contributed by atoms with Crippen LogP contribution in [0, 0.1) is 0 Å². The summed E-state index contributed by atoms with van der Waals surface area (Å²) in [5, 5.41) is 4.24. The van der Waals surface area contributed by atoms with Crippen LogP contribution in [-0.2, 0) is 9.31 Å². The summed E-state index contributed by atoms with van der Waals surface area (Å²) in [6.07, 6.45) is 2.03. The number of hydrogen-bond acceptors (Lipinski definition) is 3. The van der Waals surface area contributed by atoms with Gasteiger partial charge in [0.25, 0.3) is 0 Å². The highest BCUT2D eigenvalue weighted by Crippen LogP contribution is 2.38. The highest BCUT2D eigenvalue weighted by Gasteiger charge is 2.52. The van der Waals surface area contributed by atoms with Gasteiger partial charge in [0.15, 0.2) is 0 Å². The first kappa shape index (κ1) is 17.8. The predicted octanol–water partition coefficient (Wildman–Crippen LogP) is 4.23. The molecule has 1 heterocycles. The van der Waals surface area contributed by atoms with Crippen LogP contribution in [0.25, 0.3) is 6.08 Å². The van der Waals surface area contributed by atoms with Crippen molar-refractivity contribution < 1.29 is 9.31 Å². The van der Waals surface area contributed by atoms with Gasteiger partial charge in [-0.3, -0.25) is 0 Å². The number of halogens is 2. The number of hydrogen-bond donors (Lipinski definition) is 1. The fraction of sp³-hybridized carbons (Fsp3) is 0.500. The molecule has 1 aromatic rings. The van der Waals surface area contributed by atoms with Crippen molar-refractivity contribution in [3.8, 4) is 0 Å². The van der Waals surface area contributed by atoms with Crippen LogP contribution in [0.4, 0.5) is 0 Å². The van der Waals surface area contributed by atoms with E-state index >= 15 is 0 Å².